The van der Waals surface area contributed by atoms with Gasteiger partial charge in [0, 0.05) is 57.0 Å². The maximum atomic E-state index is 7.17. The minimum atomic E-state index is 0.800. The molecule has 1 aromatic heterocycles. The molecule has 0 saturated heterocycles. The summed E-state index contributed by atoms with van der Waals surface area (Å²) in [7, 11) is 0. The van der Waals surface area contributed by atoms with Gasteiger partial charge in [-0.3, -0.25) is 0 Å². The highest BCUT2D eigenvalue weighted by Crippen LogP contribution is 2.51. The summed E-state index contributed by atoms with van der Waals surface area (Å²) in [6.45, 7) is 0. The third-order valence-corrected chi connectivity index (χ3v) is 10.3. The Labute approximate surface area is 326 Å². The SMILES string of the molecule is c1ccc(N(c2ccccc2)c2cc(N(c3ccccc3)c3ccccc3)c3c(c2)oc2cc(N(c4ccccc4)c4ccccc4)c4ccccc4c23)cc1. The molecule has 0 aliphatic carbocycles. The van der Waals surface area contributed by atoms with Crippen LogP contribution in [0.15, 0.2) is 229 Å². The van der Waals surface area contributed by atoms with Gasteiger partial charge in [0.05, 0.1) is 22.4 Å². The maximum absolute atomic E-state index is 7.17. The molecule has 0 radical (unpaired) electrons. The minimum absolute atomic E-state index is 0.800. The van der Waals surface area contributed by atoms with Crippen LogP contribution >= 0.6 is 0 Å². The molecule has 56 heavy (non-hydrogen) atoms. The van der Waals surface area contributed by atoms with Crippen LogP contribution in [0.3, 0.4) is 0 Å². The standard InChI is InChI=1S/C52H37N3O/c1-7-21-38(22-8-1)53(39-23-9-2-10-24-39)44-35-48(55(42-29-15-5-16-30-42)43-31-17-6-18-32-43)52-49(36-44)56-50-37-47(45-33-19-20-34-46(45)51(50)52)54(40-25-11-3-12-26-40)41-27-13-4-14-28-41/h1-37H. The Bertz CT molecular complexity index is 2780. The van der Waals surface area contributed by atoms with E-state index in [1.165, 1.54) is 0 Å². The lowest BCUT2D eigenvalue weighted by Crippen LogP contribution is -2.13. The van der Waals surface area contributed by atoms with Crippen LogP contribution in [-0.2, 0) is 0 Å². The average molecular weight is 720 g/mol. The summed E-state index contributed by atoms with van der Waals surface area (Å²) in [5.74, 6) is 0. The van der Waals surface area contributed by atoms with Crippen molar-refractivity contribution in [3.05, 3.63) is 224 Å². The molecular weight excluding hydrogens is 683 g/mol. The van der Waals surface area contributed by atoms with Gasteiger partial charge in [0.2, 0.25) is 0 Å². The summed E-state index contributed by atoms with van der Waals surface area (Å²) in [6.07, 6.45) is 0. The molecule has 0 bridgehead atoms. The van der Waals surface area contributed by atoms with Gasteiger partial charge in [-0.05, 0) is 84.2 Å². The van der Waals surface area contributed by atoms with Crippen molar-refractivity contribution < 1.29 is 4.42 Å². The lowest BCUT2D eigenvalue weighted by molar-refractivity contribution is 0.669. The van der Waals surface area contributed by atoms with Crippen LogP contribution < -0.4 is 14.7 Å². The van der Waals surface area contributed by atoms with E-state index in [0.717, 1.165) is 83.9 Å². The van der Waals surface area contributed by atoms with Crippen molar-refractivity contribution in [3.63, 3.8) is 0 Å². The van der Waals surface area contributed by atoms with Crippen LogP contribution in [0.5, 0.6) is 0 Å². The van der Waals surface area contributed by atoms with Crippen LogP contribution in [0.4, 0.5) is 51.2 Å². The zero-order chi connectivity index (χ0) is 37.3. The monoisotopic (exact) mass is 719 g/mol. The minimum Gasteiger partial charge on any atom is -0.456 e. The Kier molecular flexibility index (Phi) is 8.47. The second kappa shape index (κ2) is 14.3. The quantitative estimate of drug-likeness (QED) is 0.148. The number of furan rings is 1. The van der Waals surface area contributed by atoms with E-state index in [4.69, 9.17) is 4.42 Å². The Morgan fingerprint density at radius 2 is 0.589 bits per heavy atom. The summed E-state index contributed by atoms with van der Waals surface area (Å²) >= 11 is 0. The van der Waals surface area contributed by atoms with E-state index in [2.05, 4.69) is 239 Å². The second-order valence-electron chi connectivity index (χ2n) is 13.8. The first kappa shape index (κ1) is 33.0. The third kappa shape index (κ3) is 5.90. The zero-order valence-electron chi connectivity index (χ0n) is 30.6. The fourth-order valence-electron chi connectivity index (χ4n) is 7.96. The number of para-hydroxylation sites is 6. The highest BCUT2D eigenvalue weighted by atomic mass is 16.3. The summed E-state index contributed by atoms with van der Waals surface area (Å²) in [6, 6.07) is 78.9. The predicted molar refractivity (Wildman–Crippen MR) is 235 cm³/mol. The van der Waals surface area contributed by atoms with Crippen molar-refractivity contribution in [3.8, 4) is 0 Å². The number of anilines is 9. The molecule has 0 atom stereocenters. The van der Waals surface area contributed by atoms with E-state index in [1.807, 2.05) is 0 Å². The van der Waals surface area contributed by atoms with Crippen molar-refractivity contribution in [2.45, 2.75) is 0 Å². The first-order valence-electron chi connectivity index (χ1n) is 18.9. The molecule has 0 aliphatic heterocycles. The van der Waals surface area contributed by atoms with Crippen molar-refractivity contribution >= 4 is 83.9 Å². The van der Waals surface area contributed by atoms with Crippen molar-refractivity contribution in [2.75, 3.05) is 14.7 Å². The van der Waals surface area contributed by atoms with Crippen molar-refractivity contribution in [1.82, 2.24) is 0 Å². The summed E-state index contributed by atoms with van der Waals surface area (Å²) in [5.41, 5.74) is 11.0. The van der Waals surface area contributed by atoms with Gasteiger partial charge in [-0.1, -0.05) is 133 Å². The van der Waals surface area contributed by atoms with Crippen LogP contribution in [0, 0.1) is 0 Å². The molecule has 0 amide bonds. The van der Waals surface area contributed by atoms with Crippen molar-refractivity contribution in [1.29, 1.82) is 0 Å². The lowest BCUT2D eigenvalue weighted by Gasteiger charge is -2.30. The fraction of sp³-hybridized carbons (Fsp3) is 0. The maximum Gasteiger partial charge on any atom is 0.139 e. The van der Waals surface area contributed by atoms with E-state index in [0.29, 0.717) is 0 Å². The molecule has 0 saturated carbocycles. The van der Waals surface area contributed by atoms with Gasteiger partial charge in [0.15, 0.2) is 0 Å². The smallest absolute Gasteiger partial charge is 0.139 e. The number of rotatable bonds is 9. The molecule has 0 fully saturated rings. The van der Waals surface area contributed by atoms with Gasteiger partial charge < -0.3 is 19.1 Å². The zero-order valence-corrected chi connectivity index (χ0v) is 30.6. The largest absolute Gasteiger partial charge is 0.456 e. The summed E-state index contributed by atoms with van der Waals surface area (Å²) in [4.78, 5) is 6.99. The van der Waals surface area contributed by atoms with E-state index in [1.54, 1.807) is 0 Å². The number of benzene rings is 9. The lowest BCUT2D eigenvalue weighted by atomic mass is 9.99. The van der Waals surface area contributed by atoms with Crippen LogP contribution in [0.25, 0.3) is 32.7 Å². The first-order chi connectivity index (χ1) is 27.8. The number of fused-ring (bicyclic) bond motifs is 5. The van der Waals surface area contributed by atoms with Gasteiger partial charge in [-0.2, -0.15) is 0 Å². The van der Waals surface area contributed by atoms with E-state index >= 15 is 0 Å². The highest BCUT2D eigenvalue weighted by Gasteiger charge is 2.26. The molecule has 0 N–H and O–H groups in total. The molecule has 1 heterocycles. The highest BCUT2D eigenvalue weighted by molar-refractivity contribution is 6.26. The predicted octanol–water partition coefficient (Wildman–Crippen LogP) is 15.1. The summed E-state index contributed by atoms with van der Waals surface area (Å²) in [5, 5.41) is 4.37. The molecule has 0 unspecified atom stereocenters. The summed E-state index contributed by atoms with van der Waals surface area (Å²) < 4.78 is 7.17. The van der Waals surface area contributed by atoms with E-state index < -0.39 is 0 Å². The van der Waals surface area contributed by atoms with E-state index in [-0.39, 0.29) is 0 Å². The molecule has 4 heteroatoms. The van der Waals surface area contributed by atoms with Crippen LogP contribution in [0.2, 0.25) is 0 Å². The van der Waals surface area contributed by atoms with Crippen LogP contribution in [-0.4, -0.2) is 0 Å². The molecule has 266 valence electrons. The number of hydrogen-bond donors (Lipinski definition) is 0. The van der Waals surface area contributed by atoms with Gasteiger partial charge >= 0.3 is 0 Å². The Morgan fingerprint density at radius 3 is 1.02 bits per heavy atom. The normalized spacial score (nSPS) is 11.2. The molecule has 9 aromatic carbocycles. The Balaban J connectivity index is 1.33. The van der Waals surface area contributed by atoms with Crippen LogP contribution in [0.1, 0.15) is 0 Å². The molecule has 0 spiro atoms. The number of hydrogen-bond acceptors (Lipinski definition) is 4. The van der Waals surface area contributed by atoms with Gasteiger partial charge in [0.1, 0.15) is 11.2 Å². The molecule has 4 nitrogen and oxygen atoms in total. The van der Waals surface area contributed by atoms with Gasteiger partial charge in [-0.15, -0.1) is 0 Å². The Hall–Kier alpha value is -7.56. The first-order valence-corrected chi connectivity index (χ1v) is 18.9. The Morgan fingerprint density at radius 1 is 0.250 bits per heavy atom. The molecular formula is C52H37N3O. The average Bonchev–Trinajstić information content (AvgIpc) is 3.65. The fourth-order valence-corrected chi connectivity index (χ4v) is 7.96. The molecule has 10 aromatic rings. The van der Waals surface area contributed by atoms with Crippen molar-refractivity contribution in [2.24, 2.45) is 0 Å². The molecule has 0 aliphatic rings. The second-order valence-corrected chi connectivity index (χ2v) is 13.8. The van der Waals surface area contributed by atoms with E-state index in [9.17, 15) is 0 Å². The third-order valence-electron chi connectivity index (χ3n) is 10.3. The number of nitrogens with zero attached hydrogens (tertiary/aromatic N) is 3. The molecule has 10 rings (SSSR count). The van der Waals surface area contributed by atoms with Gasteiger partial charge in [-0.25, -0.2) is 0 Å². The van der Waals surface area contributed by atoms with Gasteiger partial charge in [0.25, 0.3) is 0 Å². The topological polar surface area (TPSA) is 22.9 Å².